The number of ether oxygens (including phenoxy) is 5. The first-order chi connectivity index (χ1) is 48.1. The van der Waals surface area contributed by atoms with Crippen molar-refractivity contribution in [3.63, 3.8) is 0 Å². The molecule has 14 rings (SSSR count). The average Bonchev–Trinajstić information content (AvgIpc) is 1.56. The van der Waals surface area contributed by atoms with Crippen LogP contribution in [0.4, 0.5) is 11.4 Å². The number of aryl methyl sites for hydroxylation is 2. The molecule has 6 aromatic carbocycles. The average molecular weight is 1380 g/mol. The van der Waals surface area contributed by atoms with Gasteiger partial charge in [0.05, 0.1) is 50.9 Å². The van der Waals surface area contributed by atoms with E-state index < -0.39 is 59.4 Å². The van der Waals surface area contributed by atoms with Crippen LogP contribution in [0, 0.1) is 23.2 Å². The minimum atomic E-state index is -4.17. The minimum Gasteiger partial charge on any atom is -0.497 e. The molecule has 1 unspecified atom stereocenters. The fourth-order valence-corrected chi connectivity index (χ4v) is 20.0. The van der Waals surface area contributed by atoms with Gasteiger partial charge in [-0.1, -0.05) is 84.6 Å². The first-order valence-electron chi connectivity index (χ1n) is 34.8. The van der Waals surface area contributed by atoms with E-state index in [4.69, 9.17) is 32.7 Å². The summed E-state index contributed by atoms with van der Waals surface area (Å²) in [5.74, 6) is 8.43. The Balaban J connectivity index is 0.738. The van der Waals surface area contributed by atoms with Crippen molar-refractivity contribution < 1.29 is 45.9 Å². The number of nitriles is 1. The van der Waals surface area contributed by atoms with Gasteiger partial charge in [0.15, 0.2) is 0 Å². The molecule has 7 aromatic rings. The highest BCUT2D eigenvalue weighted by molar-refractivity contribution is 7.89. The summed E-state index contributed by atoms with van der Waals surface area (Å²) in [4.78, 5) is 49.6. The number of nitrogens with one attached hydrogen (secondary N) is 2. The third kappa shape index (κ3) is 12.3. The number of aromatic amines is 1. The number of sulfonamides is 1. The van der Waals surface area contributed by atoms with Crippen LogP contribution in [-0.2, 0) is 70.2 Å². The molecule has 0 saturated carbocycles. The van der Waals surface area contributed by atoms with E-state index in [1.807, 2.05) is 91.0 Å². The molecule has 0 bridgehead atoms. The molecule has 1 saturated heterocycles. The predicted octanol–water partition coefficient (Wildman–Crippen LogP) is 11.3. The van der Waals surface area contributed by atoms with Gasteiger partial charge in [0, 0.05) is 116 Å². The molecule has 22 heteroatoms. The molecule has 4 atom stereocenters. The van der Waals surface area contributed by atoms with Crippen molar-refractivity contribution in [2.45, 2.75) is 151 Å². The quantitative estimate of drug-likeness (QED) is 0.0279. The molecular weight excluding hydrogens is 1290 g/mol. The number of rotatable bonds is 22. The number of benzene rings is 6. The van der Waals surface area contributed by atoms with Crippen molar-refractivity contribution in [3.05, 3.63) is 203 Å². The Morgan fingerprint density at radius 1 is 0.768 bits per heavy atom. The van der Waals surface area contributed by atoms with Crippen LogP contribution in [0.15, 0.2) is 136 Å². The molecule has 1 amide bonds. The van der Waals surface area contributed by atoms with E-state index >= 15 is 8.42 Å². The standard InChI is InChI=1S/C77H85N8O12PS/c1-50(2)85(51(3)4)98(94-44-18-37-78)97-65-47-69(95-66(65)49-93-77(55-22-8-7-9-23-55,56-29-33-58(91-5)34-30-56)57-31-35-59(92-6)36-32-57)83-48-54(74(87)80-75(83)88)19-10-13-28-68(86)79-38-43-84-76(62-26-11-12-27-67(62)99(84,89)90)63-45-52-20-14-39-81-41-16-24-60(70(52)81)72(63)96-73-61-25-17-42-82-40-15-21-53(71(61)82)46-64(73)76/h7-9,11-12,22-23,26-27,29-36,45-46,48,50-51,65-66,69H,13-18,20-21,24-25,28,38-44,47,49H2,1-6H3,(H,79,86)(H,80,87,88)/t65-,66-,69-,98?/m1/s1. The number of H-pyrrole nitrogens is 1. The van der Waals surface area contributed by atoms with Gasteiger partial charge in [-0.25, -0.2) is 17.9 Å². The summed E-state index contributed by atoms with van der Waals surface area (Å²) in [6.07, 6.45) is 6.32. The number of nitrogens with zero attached hydrogens (tertiary/aromatic N) is 6. The molecule has 99 heavy (non-hydrogen) atoms. The van der Waals surface area contributed by atoms with Gasteiger partial charge >= 0.3 is 5.69 Å². The van der Waals surface area contributed by atoms with Gasteiger partial charge in [0.2, 0.25) is 15.9 Å². The van der Waals surface area contributed by atoms with Crippen molar-refractivity contribution in [2.24, 2.45) is 0 Å². The molecule has 1 fully saturated rings. The van der Waals surface area contributed by atoms with E-state index in [0.717, 1.165) is 128 Å². The van der Waals surface area contributed by atoms with Crippen molar-refractivity contribution >= 4 is 35.8 Å². The normalized spacial score (nSPS) is 19.5. The molecule has 1 spiro atoms. The Morgan fingerprint density at radius 2 is 1.34 bits per heavy atom. The van der Waals surface area contributed by atoms with Crippen LogP contribution in [0.2, 0.25) is 0 Å². The first kappa shape index (κ1) is 67.8. The van der Waals surface area contributed by atoms with E-state index in [9.17, 15) is 19.6 Å². The first-order valence-corrected chi connectivity index (χ1v) is 37.3. The third-order valence-corrected chi connectivity index (χ3v) is 24.6. The molecule has 7 aliphatic rings. The summed E-state index contributed by atoms with van der Waals surface area (Å²) >= 11 is 0. The van der Waals surface area contributed by atoms with Crippen LogP contribution < -0.4 is 40.6 Å². The van der Waals surface area contributed by atoms with E-state index in [1.165, 1.54) is 33.3 Å². The second-order valence-corrected chi connectivity index (χ2v) is 30.2. The monoisotopic (exact) mass is 1380 g/mol. The Labute approximate surface area is 580 Å². The Hall–Kier alpha value is -8.34. The molecule has 1 aromatic heterocycles. The highest BCUT2D eigenvalue weighted by Gasteiger charge is 2.61. The molecule has 7 aliphatic heterocycles. The van der Waals surface area contributed by atoms with Gasteiger partial charge in [-0.05, 0) is 149 Å². The highest BCUT2D eigenvalue weighted by atomic mass is 32.2. The largest absolute Gasteiger partial charge is 0.497 e. The van der Waals surface area contributed by atoms with Gasteiger partial charge < -0.3 is 47.8 Å². The smallest absolute Gasteiger partial charge is 0.330 e. The summed E-state index contributed by atoms with van der Waals surface area (Å²) in [6.45, 7) is 12.1. The highest BCUT2D eigenvalue weighted by Crippen LogP contribution is 2.64. The zero-order chi connectivity index (χ0) is 68.7. The number of hydrogen-bond donors (Lipinski definition) is 2. The Morgan fingerprint density at radius 3 is 1.93 bits per heavy atom. The van der Waals surface area contributed by atoms with E-state index in [0.29, 0.717) is 17.1 Å². The molecule has 0 radical (unpaired) electrons. The maximum Gasteiger partial charge on any atom is 0.330 e. The fourth-order valence-electron chi connectivity index (χ4n) is 16.3. The van der Waals surface area contributed by atoms with Gasteiger partial charge in [-0.15, -0.1) is 0 Å². The van der Waals surface area contributed by atoms with Crippen LogP contribution in [0.5, 0.6) is 23.0 Å². The van der Waals surface area contributed by atoms with Crippen molar-refractivity contribution in [1.29, 1.82) is 5.26 Å². The summed E-state index contributed by atoms with van der Waals surface area (Å²) in [5.41, 5.74) is 7.95. The number of aromatic nitrogens is 2. The summed E-state index contributed by atoms with van der Waals surface area (Å²) in [6, 6.07) is 39.3. The molecule has 20 nitrogen and oxygen atoms in total. The number of carbonyl (C=O) groups is 1. The second-order valence-electron chi connectivity index (χ2n) is 27.0. The van der Waals surface area contributed by atoms with Crippen LogP contribution in [0.25, 0.3) is 0 Å². The molecular formula is C77H85N8O12PS. The van der Waals surface area contributed by atoms with Gasteiger partial charge in [0.1, 0.15) is 52.0 Å². The van der Waals surface area contributed by atoms with E-state index in [2.05, 4.69) is 82.5 Å². The molecule has 2 N–H and O–H groups in total. The second kappa shape index (κ2) is 28.4. The number of amides is 1. The molecule has 516 valence electrons. The van der Waals surface area contributed by atoms with Gasteiger partial charge in [-0.2, -0.15) is 9.57 Å². The SMILES string of the molecule is COc1ccc(C(OC[C@H]2O[C@@H](n3cc(C#CCCC(=O)NCCN4C5(c6ccccc6S4(=O)=O)c4cc6c7c(c4Oc4c5cc5c8c4CCCN8CCC5)CCCN7CCC6)c(=O)[nH]c3=O)C[C@H]2OP(OCCC#N)N(C(C)C)C(C)C)(c2ccccc2)c2ccc(OC)cc2)cc1. The van der Waals surface area contributed by atoms with E-state index in [1.54, 1.807) is 30.7 Å². The zero-order valence-electron chi connectivity index (χ0n) is 57.0. The maximum atomic E-state index is 15.5. The predicted molar refractivity (Wildman–Crippen MR) is 378 cm³/mol. The maximum absolute atomic E-state index is 15.5. The van der Waals surface area contributed by atoms with Crippen LogP contribution >= 0.6 is 8.53 Å². The van der Waals surface area contributed by atoms with Crippen LogP contribution in [0.1, 0.15) is 146 Å². The number of anilines is 2. The lowest BCUT2D eigenvalue weighted by Gasteiger charge is -2.48. The molecule has 0 aliphatic carbocycles. The summed E-state index contributed by atoms with van der Waals surface area (Å²) in [5, 5.41) is 12.7. The molecule has 8 heterocycles. The van der Waals surface area contributed by atoms with Crippen LogP contribution in [0.3, 0.4) is 0 Å². The van der Waals surface area contributed by atoms with Crippen molar-refractivity contribution in [1.82, 2.24) is 23.8 Å². The minimum absolute atomic E-state index is 0.00371. The van der Waals surface area contributed by atoms with Gasteiger partial charge in [0.25, 0.3) is 14.1 Å². The lowest BCUT2D eigenvalue weighted by molar-refractivity contribution is -0.121. The zero-order valence-corrected chi connectivity index (χ0v) is 58.7. The lowest BCUT2D eigenvalue weighted by Crippen LogP contribution is -2.50. The van der Waals surface area contributed by atoms with Crippen LogP contribution in [-0.4, -0.2) is 124 Å². The van der Waals surface area contributed by atoms with E-state index in [-0.39, 0.29) is 80.4 Å². The number of carbonyl (C=O) groups excluding carboxylic acids is 1. The van der Waals surface area contributed by atoms with Crippen molar-refractivity contribution in [3.8, 4) is 40.9 Å². The third-order valence-electron chi connectivity index (χ3n) is 20.5. The van der Waals surface area contributed by atoms with Crippen molar-refractivity contribution in [2.75, 3.05) is 76.5 Å². The topological polar surface area (TPSA) is 219 Å². The Kier molecular flexibility index (Phi) is 19.4. The number of methoxy groups -OCH3 is 2. The lowest BCUT2D eigenvalue weighted by atomic mass is 9.70. The number of fused-ring (bicyclic) bond motifs is 8. The Bertz CT molecular complexity index is 4410. The summed E-state index contributed by atoms with van der Waals surface area (Å²) < 4.78 is 82.6. The fraction of sp³-hybridized carbons (Fsp3) is 0.429. The number of hydrogen-bond acceptors (Lipinski definition) is 16. The summed E-state index contributed by atoms with van der Waals surface area (Å²) in [7, 11) is -2.77. The van der Waals surface area contributed by atoms with Gasteiger partial charge in [-0.3, -0.25) is 19.1 Å².